The summed E-state index contributed by atoms with van der Waals surface area (Å²) in [5, 5.41) is 0.963. The highest BCUT2D eigenvalue weighted by atomic mass is 35.5. The summed E-state index contributed by atoms with van der Waals surface area (Å²) in [6.45, 7) is 3.14. The number of thiazole rings is 1. The van der Waals surface area contributed by atoms with Gasteiger partial charge >= 0.3 is 0 Å². The quantitative estimate of drug-likeness (QED) is 0.502. The van der Waals surface area contributed by atoms with Crippen molar-refractivity contribution in [2.75, 3.05) is 37.8 Å². The number of anilines is 1. The average Bonchev–Trinajstić information content (AvgIpc) is 3.10. The van der Waals surface area contributed by atoms with Gasteiger partial charge in [-0.2, -0.15) is 0 Å². The molecule has 6 nitrogen and oxygen atoms in total. The Morgan fingerprint density at radius 1 is 1.10 bits per heavy atom. The maximum Gasteiger partial charge on any atom is 0.244 e. The van der Waals surface area contributed by atoms with Crippen molar-refractivity contribution in [3.8, 4) is 0 Å². The van der Waals surface area contributed by atoms with E-state index < -0.39 is 21.5 Å². The van der Waals surface area contributed by atoms with Crippen molar-refractivity contribution in [2.45, 2.75) is 18.2 Å². The highest BCUT2D eigenvalue weighted by Gasteiger charge is 2.26. The Morgan fingerprint density at radius 3 is 2.43 bits per heavy atom. The number of fused-ring (bicyclic) bond motifs is 1. The molecule has 0 radical (unpaired) electrons. The maximum atomic E-state index is 13.1. The number of nitrogens with zero attached hydrogens (tertiary/aromatic N) is 3. The molecule has 0 unspecified atom stereocenters. The number of rotatable bonds is 8. The molecule has 9 heteroatoms. The summed E-state index contributed by atoms with van der Waals surface area (Å²) in [5.41, 5.74) is 1.85. The second kappa shape index (κ2) is 9.43. The van der Waals surface area contributed by atoms with E-state index in [1.54, 1.807) is 0 Å². The minimum absolute atomic E-state index is 0.0774. The highest BCUT2D eigenvalue weighted by molar-refractivity contribution is 7.92. The van der Waals surface area contributed by atoms with Gasteiger partial charge in [0.05, 0.1) is 15.1 Å². The molecule has 0 spiro atoms. The summed E-state index contributed by atoms with van der Waals surface area (Å²) in [7, 11) is 0.121. The smallest absolute Gasteiger partial charge is 0.244 e. The van der Waals surface area contributed by atoms with Gasteiger partial charge in [0.25, 0.3) is 0 Å². The monoisotopic (exact) mass is 465 g/mol. The van der Waals surface area contributed by atoms with E-state index in [1.807, 2.05) is 44.1 Å². The van der Waals surface area contributed by atoms with Crippen LogP contribution in [0.1, 0.15) is 12.0 Å². The fraction of sp³-hybridized carbons (Fsp3) is 0.333. The molecule has 0 saturated carbocycles. The van der Waals surface area contributed by atoms with E-state index >= 15 is 0 Å². The predicted octanol–water partition coefficient (Wildman–Crippen LogP) is 4.02. The summed E-state index contributed by atoms with van der Waals surface area (Å²) in [6, 6.07) is 11.7. The van der Waals surface area contributed by atoms with Gasteiger partial charge in [0.15, 0.2) is 15.0 Å². The van der Waals surface area contributed by atoms with Gasteiger partial charge in [0.2, 0.25) is 5.91 Å². The molecule has 3 aromatic rings. The van der Waals surface area contributed by atoms with Gasteiger partial charge in [0, 0.05) is 11.6 Å². The number of para-hydroxylation sites is 1. The molecule has 0 N–H and O–H groups in total. The van der Waals surface area contributed by atoms with Crippen LogP contribution in [0.2, 0.25) is 5.02 Å². The summed E-state index contributed by atoms with van der Waals surface area (Å²) >= 11 is 7.25. The number of aryl methyl sites for hydroxylation is 1. The summed E-state index contributed by atoms with van der Waals surface area (Å²) in [6.07, 6.45) is 0.703. The molecule has 0 fully saturated rings. The summed E-state index contributed by atoms with van der Waals surface area (Å²) in [5.74, 6) is -1.11. The van der Waals surface area contributed by atoms with Gasteiger partial charge in [-0.15, -0.1) is 0 Å². The number of hydrogen-bond donors (Lipinski definition) is 0. The summed E-state index contributed by atoms with van der Waals surface area (Å²) in [4.78, 5) is 21.4. The van der Waals surface area contributed by atoms with E-state index in [-0.39, 0.29) is 4.90 Å². The van der Waals surface area contributed by atoms with Crippen molar-refractivity contribution in [3.05, 3.63) is 53.1 Å². The zero-order chi connectivity index (χ0) is 21.9. The first kappa shape index (κ1) is 22.7. The molecule has 1 amide bonds. The van der Waals surface area contributed by atoms with Crippen molar-refractivity contribution in [2.24, 2.45) is 0 Å². The molecule has 0 aliphatic rings. The Hall–Kier alpha value is -2.00. The number of benzene rings is 2. The Kier molecular flexibility index (Phi) is 7.13. The molecule has 0 aliphatic carbocycles. The third-order valence-corrected chi connectivity index (χ3v) is 7.53. The van der Waals surface area contributed by atoms with Crippen LogP contribution in [-0.4, -0.2) is 57.1 Å². The maximum absolute atomic E-state index is 13.1. The van der Waals surface area contributed by atoms with E-state index in [2.05, 4.69) is 4.98 Å². The fourth-order valence-corrected chi connectivity index (χ4v) is 5.44. The van der Waals surface area contributed by atoms with Gasteiger partial charge in [-0.1, -0.05) is 35.1 Å². The zero-order valence-corrected chi connectivity index (χ0v) is 19.5. The number of carbonyl (C=O) groups excluding carboxylic acids is 1. The van der Waals surface area contributed by atoms with Crippen molar-refractivity contribution < 1.29 is 13.2 Å². The van der Waals surface area contributed by atoms with Crippen LogP contribution >= 0.6 is 22.9 Å². The number of amides is 1. The number of halogens is 1. The average molecular weight is 466 g/mol. The standard InChI is InChI=1S/C21H24ClN3O3S2/c1-15-6-4-7-18-20(15)23-21(29-18)25(13-5-12-24(2)3)19(26)14-30(27,28)17-10-8-16(22)9-11-17/h4,6-11H,5,12-14H2,1-3H3. The second-order valence-corrected chi connectivity index (χ2v) is 10.8. The second-order valence-electron chi connectivity index (χ2n) is 7.33. The third kappa shape index (κ3) is 5.37. The van der Waals surface area contributed by atoms with Gasteiger partial charge in [-0.25, -0.2) is 13.4 Å². The molecule has 0 saturated heterocycles. The van der Waals surface area contributed by atoms with Gasteiger partial charge < -0.3 is 4.90 Å². The Balaban J connectivity index is 1.89. The molecule has 30 heavy (non-hydrogen) atoms. The van der Waals surface area contributed by atoms with Gasteiger partial charge in [-0.3, -0.25) is 9.69 Å². The Morgan fingerprint density at radius 2 is 1.80 bits per heavy atom. The van der Waals surface area contributed by atoms with Crippen LogP contribution in [0.5, 0.6) is 0 Å². The van der Waals surface area contributed by atoms with E-state index in [1.165, 1.54) is 40.5 Å². The summed E-state index contributed by atoms with van der Waals surface area (Å²) < 4.78 is 26.5. The fourth-order valence-electron chi connectivity index (χ4n) is 3.03. The van der Waals surface area contributed by atoms with E-state index in [0.29, 0.717) is 23.1 Å². The minimum Gasteiger partial charge on any atom is -0.309 e. The van der Waals surface area contributed by atoms with E-state index in [4.69, 9.17) is 11.6 Å². The lowest BCUT2D eigenvalue weighted by atomic mass is 10.2. The lowest BCUT2D eigenvalue weighted by molar-refractivity contribution is -0.116. The molecule has 1 aromatic heterocycles. The van der Waals surface area contributed by atoms with Crippen molar-refractivity contribution >= 4 is 54.0 Å². The lowest BCUT2D eigenvalue weighted by Gasteiger charge is -2.21. The molecule has 0 aliphatic heterocycles. The number of carbonyl (C=O) groups is 1. The minimum atomic E-state index is -3.79. The molecule has 3 rings (SSSR count). The first-order valence-electron chi connectivity index (χ1n) is 9.47. The lowest BCUT2D eigenvalue weighted by Crippen LogP contribution is -2.37. The zero-order valence-electron chi connectivity index (χ0n) is 17.1. The normalized spacial score (nSPS) is 11.9. The van der Waals surface area contributed by atoms with Crippen LogP contribution in [0.3, 0.4) is 0 Å². The van der Waals surface area contributed by atoms with Crippen LogP contribution in [-0.2, 0) is 14.6 Å². The first-order chi connectivity index (χ1) is 14.2. The van der Waals surface area contributed by atoms with E-state index in [9.17, 15) is 13.2 Å². The van der Waals surface area contributed by atoms with Crippen LogP contribution in [0.25, 0.3) is 10.2 Å². The molecule has 160 valence electrons. The van der Waals surface area contributed by atoms with Crippen LogP contribution in [0.15, 0.2) is 47.4 Å². The number of hydrogen-bond acceptors (Lipinski definition) is 6. The topological polar surface area (TPSA) is 70.6 Å². The first-order valence-corrected chi connectivity index (χ1v) is 12.3. The molecule has 0 bridgehead atoms. The third-order valence-electron chi connectivity index (χ3n) is 4.61. The SMILES string of the molecule is Cc1cccc2sc(N(CCCN(C)C)C(=O)CS(=O)(=O)c3ccc(Cl)cc3)nc12. The number of sulfone groups is 1. The predicted molar refractivity (Wildman–Crippen MR) is 123 cm³/mol. The van der Waals surface area contributed by atoms with Crippen molar-refractivity contribution in [3.63, 3.8) is 0 Å². The molecule has 2 aromatic carbocycles. The molecular weight excluding hydrogens is 442 g/mol. The highest BCUT2D eigenvalue weighted by Crippen LogP contribution is 2.31. The van der Waals surface area contributed by atoms with Crippen molar-refractivity contribution in [1.82, 2.24) is 9.88 Å². The molecule has 1 heterocycles. The molecular formula is C21H24ClN3O3S2. The number of aromatic nitrogens is 1. The van der Waals surface area contributed by atoms with E-state index in [0.717, 1.165) is 22.3 Å². The molecule has 0 atom stereocenters. The van der Waals surface area contributed by atoms with Gasteiger partial charge in [-0.05, 0) is 69.9 Å². The largest absolute Gasteiger partial charge is 0.309 e. The van der Waals surface area contributed by atoms with Crippen LogP contribution in [0.4, 0.5) is 5.13 Å². The van der Waals surface area contributed by atoms with Crippen LogP contribution in [0, 0.1) is 6.92 Å². The van der Waals surface area contributed by atoms with Crippen molar-refractivity contribution in [1.29, 1.82) is 0 Å². The van der Waals surface area contributed by atoms with Gasteiger partial charge in [0.1, 0.15) is 5.75 Å². The van der Waals surface area contributed by atoms with Crippen LogP contribution < -0.4 is 4.90 Å². The Bertz CT molecular complexity index is 1140. The Labute approximate surface area is 186 Å².